The van der Waals surface area contributed by atoms with E-state index < -0.39 is 5.54 Å². The second-order valence-corrected chi connectivity index (χ2v) is 3.88. The monoisotopic (exact) mass is 186 g/mol. The van der Waals surface area contributed by atoms with Crippen LogP contribution in [0.3, 0.4) is 0 Å². The van der Waals surface area contributed by atoms with Crippen molar-refractivity contribution in [1.29, 1.82) is 0 Å². The SMILES string of the molecule is CCCC1COCC1(N)CC(N)=O. The lowest BCUT2D eigenvalue weighted by Crippen LogP contribution is -2.49. The minimum atomic E-state index is -0.512. The topological polar surface area (TPSA) is 78.3 Å². The van der Waals surface area contributed by atoms with E-state index in [4.69, 9.17) is 16.2 Å². The zero-order valence-corrected chi connectivity index (χ0v) is 8.08. The Morgan fingerprint density at radius 3 is 2.92 bits per heavy atom. The zero-order valence-electron chi connectivity index (χ0n) is 8.08. The lowest BCUT2D eigenvalue weighted by Gasteiger charge is -2.27. The molecule has 1 aliphatic rings. The summed E-state index contributed by atoms with van der Waals surface area (Å²) >= 11 is 0. The van der Waals surface area contributed by atoms with Crippen LogP contribution in [-0.2, 0) is 9.53 Å². The van der Waals surface area contributed by atoms with Crippen LogP contribution in [-0.4, -0.2) is 24.7 Å². The molecule has 0 bridgehead atoms. The molecule has 0 aromatic heterocycles. The zero-order chi connectivity index (χ0) is 9.90. The van der Waals surface area contributed by atoms with Gasteiger partial charge >= 0.3 is 0 Å². The number of nitrogens with two attached hydrogens (primary N) is 2. The molecule has 4 N–H and O–H groups in total. The summed E-state index contributed by atoms with van der Waals surface area (Å²) in [7, 11) is 0. The molecule has 1 saturated heterocycles. The number of primary amides is 1. The van der Waals surface area contributed by atoms with Crippen LogP contribution < -0.4 is 11.5 Å². The molecule has 2 atom stereocenters. The minimum Gasteiger partial charge on any atom is -0.379 e. The number of carbonyl (C=O) groups is 1. The highest BCUT2D eigenvalue weighted by molar-refractivity contribution is 5.75. The molecule has 0 aliphatic carbocycles. The van der Waals surface area contributed by atoms with Crippen molar-refractivity contribution < 1.29 is 9.53 Å². The van der Waals surface area contributed by atoms with E-state index >= 15 is 0 Å². The van der Waals surface area contributed by atoms with E-state index in [2.05, 4.69) is 6.92 Å². The Kier molecular flexibility index (Phi) is 3.27. The molecule has 0 aromatic carbocycles. The molecule has 0 saturated carbocycles. The molecule has 0 spiro atoms. The molecule has 1 rings (SSSR count). The first-order valence-corrected chi connectivity index (χ1v) is 4.73. The molecule has 4 heteroatoms. The fourth-order valence-corrected chi connectivity index (χ4v) is 1.91. The van der Waals surface area contributed by atoms with Gasteiger partial charge < -0.3 is 16.2 Å². The van der Waals surface area contributed by atoms with Crippen LogP contribution in [0.1, 0.15) is 26.2 Å². The highest BCUT2D eigenvalue weighted by Crippen LogP contribution is 2.29. The van der Waals surface area contributed by atoms with E-state index in [0.717, 1.165) is 12.8 Å². The third-order valence-corrected chi connectivity index (χ3v) is 2.64. The first-order valence-electron chi connectivity index (χ1n) is 4.73. The van der Waals surface area contributed by atoms with Crippen LogP contribution in [0.2, 0.25) is 0 Å². The molecular weight excluding hydrogens is 168 g/mol. The molecule has 1 fully saturated rings. The van der Waals surface area contributed by atoms with Crippen LogP contribution in [0.15, 0.2) is 0 Å². The maximum atomic E-state index is 10.8. The average Bonchev–Trinajstić information content (AvgIpc) is 2.32. The van der Waals surface area contributed by atoms with Crippen molar-refractivity contribution in [3.05, 3.63) is 0 Å². The van der Waals surface area contributed by atoms with Crippen molar-refractivity contribution in [2.75, 3.05) is 13.2 Å². The van der Waals surface area contributed by atoms with Gasteiger partial charge in [-0.2, -0.15) is 0 Å². The molecule has 0 radical (unpaired) electrons. The van der Waals surface area contributed by atoms with Crippen LogP contribution in [0.25, 0.3) is 0 Å². The van der Waals surface area contributed by atoms with Crippen LogP contribution in [0, 0.1) is 5.92 Å². The standard InChI is InChI=1S/C9H18N2O2/c1-2-3-7-5-13-6-9(7,11)4-8(10)12/h7H,2-6,11H2,1H3,(H2,10,12). The Labute approximate surface area is 78.6 Å². The van der Waals surface area contributed by atoms with E-state index in [1.54, 1.807) is 0 Å². The number of hydrogen-bond donors (Lipinski definition) is 2. The van der Waals surface area contributed by atoms with Gasteiger partial charge in [-0.1, -0.05) is 13.3 Å². The van der Waals surface area contributed by atoms with Gasteiger partial charge in [0.05, 0.1) is 18.8 Å². The summed E-state index contributed by atoms with van der Waals surface area (Å²) in [5, 5.41) is 0. The molecule has 1 aliphatic heterocycles. The first-order chi connectivity index (χ1) is 6.08. The summed E-state index contributed by atoms with van der Waals surface area (Å²) in [4.78, 5) is 10.8. The Bertz CT molecular complexity index is 196. The van der Waals surface area contributed by atoms with E-state index in [1.165, 1.54) is 0 Å². The van der Waals surface area contributed by atoms with Gasteiger partial charge in [-0.3, -0.25) is 4.79 Å². The van der Waals surface area contributed by atoms with Gasteiger partial charge in [-0.25, -0.2) is 0 Å². The van der Waals surface area contributed by atoms with Crippen molar-refractivity contribution in [1.82, 2.24) is 0 Å². The van der Waals surface area contributed by atoms with Crippen molar-refractivity contribution in [3.8, 4) is 0 Å². The lowest BCUT2D eigenvalue weighted by molar-refractivity contribution is -0.119. The van der Waals surface area contributed by atoms with Crippen molar-refractivity contribution in [2.24, 2.45) is 17.4 Å². The minimum absolute atomic E-state index is 0.234. The number of hydrogen-bond acceptors (Lipinski definition) is 3. The van der Waals surface area contributed by atoms with Gasteiger partial charge in [0.2, 0.25) is 5.91 Å². The predicted molar refractivity (Wildman–Crippen MR) is 49.9 cm³/mol. The summed E-state index contributed by atoms with van der Waals surface area (Å²) in [6.45, 7) is 3.22. The number of rotatable bonds is 4. The summed E-state index contributed by atoms with van der Waals surface area (Å²) in [5.41, 5.74) is 10.7. The average molecular weight is 186 g/mol. The highest BCUT2D eigenvalue weighted by atomic mass is 16.5. The van der Waals surface area contributed by atoms with Crippen molar-refractivity contribution in [2.45, 2.75) is 31.7 Å². The van der Waals surface area contributed by atoms with Gasteiger partial charge in [-0.05, 0) is 6.42 Å². The normalized spacial score (nSPS) is 33.5. The fraction of sp³-hybridized carbons (Fsp3) is 0.889. The molecule has 13 heavy (non-hydrogen) atoms. The number of carbonyl (C=O) groups excluding carboxylic acids is 1. The third kappa shape index (κ3) is 2.42. The second kappa shape index (κ2) is 4.07. The maximum Gasteiger partial charge on any atom is 0.219 e. The highest BCUT2D eigenvalue weighted by Gasteiger charge is 2.40. The fourth-order valence-electron chi connectivity index (χ4n) is 1.91. The Morgan fingerprint density at radius 1 is 1.69 bits per heavy atom. The molecule has 4 nitrogen and oxygen atoms in total. The van der Waals surface area contributed by atoms with E-state index in [1.807, 2.05) is 0 Å². The number of ether oxygens (including phenoxy) is 1. The molecule has 76 valence electrons. The first kappa shape index (κ1) is 10.5. The van der Waals surface area contributed by atoms with Crippen LogP contribution in [0.4, 0.5) is 0 Å². The van der Waals surface area contributed by atoms with Gasteiger partial charge in [0.1, 0.15) is 0 Å². The lowest BCUT2D eigenvalue weighted by atomic mass is 9.82. The van der Waals surface area contributed by atoms with Gasteiger partial charge in [-0.15, -0.1) is 0 Å². The van der Waals surface area contributed by atoms with E-state index in [9.17, 15) is 4.79 Å². The Morgan fingerprint density at radius 2 is 2.38 bits per heavy atom. The Hall–Kier alpha value is -0.610. The van der Waals surface area contributed by atoms with E-state index in [0.29, 0.717) is 13.2 Å². The summed E-state index contributed by atoms with van der Waals surface area (Å²) in [5.74, 6) is -0.0564. The largest absolute Gasteiger partial charge is 0.379 e. The smallest absolute Gasteiger partial charge is 0.219 e. The van der Waals surface area contributed by atoms with Crippen LogP contribution >= 0.6 is 0 Å². The second-order valence-electron chi connectivity index (χ2n) is 3.88. The van der Waals surface area contributed by atoms with Gasteiger partial charge in [0, 0.05) is 12.3 Å². The molecular formula is C9H18N2O2. The molecule has 1 amide bonds. The molecule has 0 aromatic rings. The number of amides is 1. The molecule has 2 unspecified atom stereocenters. The summed E-state index contributed by atoms with van der Waals surface area (Å²) < 4.78 is 5.29. The van der Waals surface area contributed by atoms with Crippen LogP contribution in [0.5, 0.6) is 0 Å². The maximum absolute atomic E-state index is 10.8. The summed E-state index contributed by atoms with van der Waals surface area (Å²) in [6.07, 6.45) is 2.30. The predicted octanol–water partition coefficient (Wildman–Crippen LogP) is 0.00580. The summed E-state index contributed by atoms with van der Waals surface area (Å²) in [6, 6.07) is 0. The van der Waals surface area contributed by atoms with E-state index in [-0.39, 0.29) is 18.2 Å². The van der Waals surface area contributed by atoms with Gasteiger partial charge in [0.15, 0.2) is 0 Å². The van der Waals surface area contributed by atoms with Crippen molar-refractivity contribution in [3.63, 3.8) is 0 Å². The quantitative estimate of drug-likeness (QED) is 0.649. The Balaban J connectivity index is 2.58. The van der Waals surface area contributed by atoms with Crippen molar-refractivity contribution >= 4 is 5.91 Å². The molecule has 1 heterocycles. The van der Waals surface area contributed by atoms with Gasteiger partial charge in [0.25, 0.3) is 0 Å². The third-order valence-electron chi connectivity index (χ3n) is 2.64.